The molecule has 0 spiro atoms. The van der Waals surface area contributed by atoms with Gasteiger partial charge in [0.2, 0.25) is 0 Å². The molecule has 2 heterocycles. The monoisotopic (exact) mass is 882 g/mol. The predicted octanol–water partition coefficient (Wildman–Crippen LogP) is 15.5. The van der Waals surface area contributed by atoms with E-state index in [9.17, 15) is 0 Å². The third-order valence-electron chi connectivity index (χ3n) is 10.4. The van der Waals surface area contributed by atoms with Gasteiger partial charge in [-0.15, -0.1) is 0 Å². The number of aromatic nitrogens is 2. The molecular weight excluding hydrogens is 815 g/mol. The van der Waals surface area contributed by atoms with Crippen LogP contribution < -0.4 is 0 Å². The zero-order valence-electron chi connectivity index (χ0n) is 40.2. The number of aryl methyl sites for hydroxylation is 12. The molecule has 0 saturated carbocycles. The molecule has 0 radical (unpaired) electrons. The molecule has 2 aromatic heterocycles. The van der Waals surface area contributed by atoms with E-state index in [2.05, 4.69) is 175 Å². The first-order valence-electron chi connectivity index (χ1n) is 22.0. The standard InChI is InChI=1S/2C25H27N3.C6H14.Ni/c2*1-16-10-18(3)24(19(4)11-16)26-14-22-8-7-9-23(28-22)15-27-25-20(5)12-17(2)13-21(25)6;1-3-5-6-4-2;/h2*7-15H,1-6H3;3-6H2,1-2H3;. The van der Waals surface area contributed by atoms with Gasteiger partial charge in [-0.2, -0.15) is 0 Å². The summed E-state index contributed by atoms with van der Waals surface area (Å²) in [4.78, 5) is 28.0. The smallest absolute Gasteiger partial charge is 0.0820 e. The molecule has 0 aliphatic heterocycles. The van der Waals surface area contributed by atoms with E-state index in [1.54, 1.807) is 0 Å². The SMILES string of the molecule is CCCCCC.Cc1cc(C)c(N=Cc2cccc(C=Nc3c(C)cc(C)cc3C)n2)c(C)c1.Cc1cc(C)c(N=Cc2cccc(C=Nc3c(C)cc(C)cc3C)n2)c(C)c1.[Ni]. The molecule has 0 N–H and O–H groups in total. The molecule has 0 amide bonds. The van der Waals surface area contributed by atoms with Gasteiger partial charge in [0.1, 0.15) is 0 Å². The van der Waals surface area contributed by atoms with Crippen LogP contribution in [-0.2, 0) is 16.5 Å². The van der Waals surface area contributed by atoms with Gasteiger partial charge in [0.05, 0.1) is 70.4 Å². The Morgan fingerprint density at radius 3 is 0.714 bits per heavy atom. The molecule has 0 bridgehead atoms. The summed E-state index contributed by atoms with van der Waals surface area (Å²) >= 11 is 0. The van der Waals surface area contributed by atoms with Crippen LogP contribution in [0.1, 0.15) is 129 Å². The largest absolute Gasteiger partial charge is 0.254 e. The number of hydrogen-bond donors (Lipinski definition) is 0. The topological polar surface area (TPSA) is 75.2 Å². The second-order valence-electron chi connectivity index (χ2n) is 16.7. The Morgan fingerprint density at radius 1 is 0.349 bits per heavy atom. The predicted molar refractivity (Wildman–Crippen MR) is 270 cm³/mol. The zero-order chi connectivity index (χ0) is 45.3. The van der Waals surface area contributed by atoms with Crippen LogP contribution in [0.25, 0.3) is 0 Å². The van der Waals surface area contributed by atoms with Crippen molar-refractivity contribution in [1.29, 1.82) is 0 Å². The van der Waals surface area contributed by atoms with Crippen molar-refractivity contribution < 1.29 is 16.5 Å². The molecule has 0 aliphatic rings. The van der Waals surface area contributed by atoms with Crippen molar-refractivity contribution in [1.82, 2.24) is 9.97 Å². The Kier molecular flexibility index (Phi) is 20.9. The summed E-state index contributed by atoms with van der Waals surface area (Å²) in [5.74, 6) is 0. The van der Waals surface area contributed by atoms with Crippen LogP contribution >= 0.6 is 0 Å². The normalized spacial score (nSPS) is 11.2. The molecule has 332 valence electrons. The van der Waals surface area contributed by atoms with E-state index in [0.717, 1.165) is 45.5 Å². The third-order valence-corrected chi connectivity index (χ3v) is 10.4. The summed E-state index contributed by atoms with van der Waals surface area (Å²) in [5, 5.41) is 0. The molecule has 6 rings (SSSR count). The molecule has 7 heteroatoms. The number of hydrogen-bond acceptors (Lipinski definition) is 6. The maximum atomic E-state index is 4.68. The van der Waals surface area contributed by atoms with E-state index >= 15 is 0 Å². The molecule has 0 saturated heterocycles. The van der Waals surface area contributed by atoms with Crippen LogP contribution in [0.15, 0.2) is 105 Å². The number of nitrogens with zero attached hydrogens (tertiary/aromatic N) is 6. The van der Waals surface area contributed by atoms with Crippen molar-refractivity contribution in [2.75, 3.05) is 0 Å². The van der Waals surface area contributed by atoms with E-state index in [-0.39, 0.29) is 16.5 Å². The van der Waals surface area contributed by atoms with Gasteiger partial charge in [0, 0.05) is 16.5 Å². The maximum absolute atomic E-state index is 4.68. The number of unbranched alkanes of at least 4 members (excludes halogenated alkanes) is 3. The molecule has 0 atom stereocenters. The summed E-state index contributed by atoms with van der Waals surface area (Å²) in [6.45, 7) is 29.6. The van der Waals surface area contributed by atoms with Crippen molar-refractivity contribution in [3.05, 3.63) is 174 Å². The van der Waals surface area contributed by atoms with Gasteiger partial charge >= 0.3 is 0 Å². The van der Waals surface area contributed by atoms with Crippen molar-refractivity contribution in [3.63, 3.8) is 0 Å². The van der Waals surface area contributed by atoms with Crippen LogP contribution in [-0.4, -0.2) is 34.8 Å². The number of pyridine rings is 2. The summed E-state index contributed by atoms with van der Waals surface area (Å²) in [6, 6.07) is 29.1. The minimum absolute atomic E-state index is 0. The van der Waals surface area contributed by atoms with Crippen molar-refractivity contribution in [2.24, 2.45) is 20.0 Å². The fraction of sp³-hybridized carbons (Fsp3) is 0.321. The van der Waals surface area contributed by atoms with Gasteiger partial charge in [-0.1, -0.05) is 122 Å². The van der Waals surface area contributed by atoms with Gasteiger partial charge in [-0.3, -0.25) is 20.0 Å². The third kappa shape index (κ3) is 16.2. The quantitative estimate of drug-likeness (QED) is 0.0738. The van der Waals surface area contributed by atoms with E-state index < -0.39 is 0 Å². The minimum atomic E-state index is 0. The van der Waals surface area contributed by atoms with Gasteiger partial charge in [0.15, 0.2) is 0 Å². The van der Waals surface area contributed by atoms with Crippen molar-refractivity contribution >= 4 is 47.6 Å². The molecule has 0 fully saturated rings. The van der Waals surface area contributed by atoms with Crippen LogP contribution in [0.3, 0.4) is 0 Å². The van der Waals surface area contributed by atoms with E-state index in [0.29, 0.717) is 0 Å². The molecule has 6 nitrogen and oxygen atoms in total. The average Bonchev–Trinajstić information content (AvgIpc) is 3.19. The number of aliphatic imine (C=N–C) groups is 4. The Hall–Kier alpha value is -5.65. The van der Waals surface area contributed by atoms with Crippen LogP contribution in [0.5, 0.6) is 0 Å². The van der Waals surface area contributed by atoms with Crippen LogP contribution in [0.4, 0.5) is 22.7 Å². The van der Waals surface area contributed by atoms with Gasteiger partial charge < -0.3 is 0 Å². The van der Waals surface area contributed by atoms with Gasteiger partial charge in [0.25, 0.3) is 0 Å². The summed E-state index contributed by atoms with van der Waals surface area (Å²) in [5.41, 5.74) is 21.8. The summed E-state index contributed by atoms with van der Waals surface area (Å²) in [7, 11) is 0. The summed E-state index contributed by atoms with van der Waals surface area (Å²) in [6.07, 6.45) is 12.8. The second-order valence-corrected chi connectivity index (χ2v) is 16.7. The van der Waals surface area contributed by atoms with Crippen LogP contribution in [0.2, 0.25) is 0 Å². The van der Waals surface area contributed by atoms with Crippen molar-refractivity contribution in [3.8, 4) is 0 Å². The molecule has 63 heavy (non-hydrogen) atoms. The molecule has 0 unspecified atom stereocenters. The Balaban J connectivity index is 0.000000293. The maximum Gasteiger partial charge on any atom is 0.0820 e. The molecule has 6 aromatic rings. The fourth-order valence-electron chi connectivity index (χ4n) is 7.75. The van der Waals surface area contributed by atoms with E-state index in [4.69, 9.17) is 0 Å². The number of rotatable bonds is 11. The second kappa shape index (κ2) is 25.5. The average molecular weight is 884 g/mol. The van der Waals surface area contributed by atoms with E-state index in [1.165, 1.54) is 92.4 Å². The fourth-order valence-corrected chi connectivity index (χ4v) is 7.75. The molecule has 4 aromatic carbocycles. The Bertz CT molecular complexity index is 2140. The summed E-state index contributed by atoms with van der Waals surface area (Å²) < 4.78 is 0. The zero-order valence-corrected chi connectivity index (χ0v) is 41.2. The molecule has 0 aliphatic carbocycles. The Labute approximate surface area is 389 Å². The first-order chi connectivity index (χ1) is 29.6. The van der Waals surface area contributed by atoms with Gasteiger partial charge in [-0.25, -0.2) is 9.97 Å². The van der Waals surface area contributed by atoms with Gasteiger partial charge in [-0.05, 0) is 152 Å². The van der Waals surface area contributed by atoms with Crippen molar-refractivity contribution in [2.45, 2.75) is 123 Å². The first-order valence-corrected chi connectivity index (χ1v) is 22.0. The van der Waals surface area contributed by atoms with Crippen LogP contribution in [0, 0.1) is 83.1 Å². The first kappa shape index (κ1) is 51.7. The number of benzene rings is 4. The minimum Gasteiger partial charge on any atom is -0.254 e. The van der Waals surface area contributed by atoms with E-state index in [1.807, 2.05) is 61.3 Å². The Morgan fingerprint density at radius 2 is 0.540 bits per heavy atom. The molecular formula is C56H68N6Ni.